The van der Waals surface area contributed by atoms with Crippen LogP contribution < -0.4 is 5.73 Å². The fraction of sp³-hybridized carbons (Fsp3) is 0. The molecule has 1 aromatic carbocycles. The van der Waals surface area contributed by atoms with Gasteiger partial charge in [0.2, 0.25) is 10.0 Å². The predicted octanol–water partition coefficient (Wildman–Crippen LogP) is 2.10. The maximum Gasteiger partial charge on any atom is 1.00 e. The molecule has 19 heavy (non-hydrogen) atoms. The third-order valence-corrected chi connectivity index (χ3v) is 3.51. The van der Waals surface area contributed by atoms with Crippen LogP contribution >= 0.6 is 11.6 Å². The molecule has 0 spiro atoms. The minimum Gasteiger partial charge on any atom is -0.399 e. The van der Waals surface area contributed by atoms with E-state index in [1.54, 1.807) is 0 Å². The van der Waals surface area contributed by atoms with Crippen LogP contribution in [0.4, 0.5) is 11.5 Å². The number of hydrogen-bond donors (Lipinski definition) is 1. The molecule has 0 saturated carbocycles. The standard InChI is InChI=1S/C10H8ClN4O2S.Ag/c11-9-5-6-10(14-13-9)15-18(16,17)8-3-1-7(12)2-4-8;/h1-6H,12H2;/q-1;+1. The third kappa shape index (κ3) is 4.19. The fourth-order valence-corrected chi connectivity index (χ4v) is 2.20. The summed E-state index contributed by atoms with van der Waals surface area (Å²) < 4.78 is 27.3. The number of nitrogens with zero attached hydrogens (tertiary/aromatic N) is 3. The molecule has 2 aromatic rings. The fourth-order valence-electron chi connectivity index (χ4n) is 1.17. The van der Waals surface area contributed by atoms with Crippen LogP contribution in [-0.2, 0) is 32.4 Å². The van der Waals surface area contributed by atoms with Gasteiger partial charge in [-0.15, -0.1) is 0 Å². The topological polar surface area (TPSA) is 100 Å². The Morgan fingerprint density at radius 1 is 1.05 bits per heavy atom. The molecule has 0 unspecified atom stereocenters. The van der Waals surface area contributed by atoms with Gasteiger partial charge < -0.3 is 15.6 Å². The summed E-state index contributed by atoms with van der Waals surface area (Å²) in [5.41, 5.74) is 5.95. The van der Waals surface area contributed by atoms with Crippen molar-refractivity contribution in [2.24, 2.45) is 0 Å². The Labute approximate surface area is 130 Å². The van der Waals surface area contributed by atoms with Crippen LogP contribution in [0, 0.1) is 0 Å². The molecule has 1 aromatic heterocycles. The summed E-state index contributed by atoms with van der Waals surface area (Å²) in [5, 5.41) is 7.23. The molecular formula is C10H8AgClN4O2S. The van der Waals surface area contributed by atoms with Crippen LogP contribution in [0.2, 0.25) is 5.15 Å². The van der Waals surface area contributed by atoms with Crippen LogP contribution in [0.1, 0.15) is 0 Å². The number of nitrogen functional groups attached to an aromatic ring is 1. The van der Waals surface area contributed by atoms with Gasteiger partial charge in [0, 0.05) is 5.69 Å². The second kappa shape index (κ2) is 6.36. The van der Waals surface area contributed by atoms with Crippen molar-refractivity contribution in [3.63, 3.8) is 0 Å². The second-order valence-corrected chi connectivity index (χ2v) is 5.34. The van der Waals surface area contributed by atoms with E-state index in [0.29, 0.717) is 5.69 Å². The number of hydrogen-bond acceptors (Lipinski definition) is 5. The van der Waals surface area contributed by atoms with Crippen LogP contribution in [-0.4, -0.2) is 18.6 Å². The van der Waals surface area contributed by atoms with Crippen molar-refractivity contribution in [1.29, 1.82) is 0 Å². The largest absolute Gasteiger partial charge is 1.00 e. The summed E-state index contributed by atoms with van der Waals surface area (Å²) in [6.07, 6.45) is 0. The molecule has 0 aliphatic heterocycles. The van der Waals surface area contributed by atoms with Crippen LogP contribution in [0.25, 0.3) is 4.72 Å². The SMILES string of the molecule is Nc1ccc(S(=O)(=O)[N-]c2ccc(Cl)nn2)cc1.[Ag+]. The Kier molecular flexibility index (Phi) is 5.33. The Hall–Kier alpha value is -1.12. The Bertz CT molecular complexity index is 646. The predicted molar refractivity (Wildman–Crippen MR) is 68.1 cm³/mol. The van der Waals surface area contributed by atoms with Gasteiger partial charge in [-0.1, -0.05) is 17.7 Å². The number of anilines is 1. The Morgan fingerprint density at radius 3 is 2.21 bits per heavy atom. The number of nitrogens with two attached hydrogens (primary N) is 1. The molecule has 9 heteroatoms. The van der Waals surface area contributed by atoms with Crippen molar-refractivity contribution in [1.82, 2.24) is 10.2 Å². The second-order valence-electron chi connectivity index (χ2n) is 3.35. The van der Waals surface area contributed by atoms with Crippen molar-refractivity contribution >= 4 is 33.1 Å². The first-order chi connectivity index (χ1) is 8.47. The summed E-state index contributed by atoms with van der Waals surface area (Å²) in [6, 6.07) is 8.48. The van der Waals surface area contributed by atoms with E-state index in [9.17, 15) is 8.42 Å². The van der Waals surface area contributed by atoms with E-state index in [4.69, 9.17) is 17.3 Å². The van der Waals surface area contributed by atoms with Gasteiger partial charge in [-0.3, -0.25) is 0 Å². The van der Waals surface area contributed by atoms with E-state index in [2.05, 4.69) is 14.9 Å². The first kappa shape index (κ1) is 15.9. The number of halogens is 1. The Balaban J connectivity index is 0.00000180. The van der Waals surface area contributed by atoms with E-state index in [1.807, 2.05) is 0 Å². The monoisotopic (exact) mass is 390 g/mol. The van der Waals surface area contributed by atoms with E-state index in [0.717, 1.165) is 0 Å². The molecule has 104 valence electrons. The molecule has 1 heterocycles. The van der Waals surface area contributed by atoms with Gasteiger partial charge in [-0.05, 0) is 36.1 Å². The van der Waals surface area contributed by atoms with Gasteiger partial charge in [0.1, 0.15) is 5.15 Å². The van der Waals surface area contributed by atoms with Crippen molar-refractivity contribution in [3.8, 4) is 0 Å². The average molecular weight is 392 g/mol. The van der Waals surface area contributed by atoms with Gasteiger partial charge >= 0.3 is 22.4 Å². The number of aromatic nitrogens is 2. The maximum absolute atomic E-state index is 11.9. The van der Waals surface area contributed by atoms with Gasteiger partial charge in [0.05, 0.1) is 4.90 Å². The minimum atomic E-state index is -3.82. The van der Waals surface area contributed by atoms with Crippen LogP contribution in [0.15, 0.2) is 41.3 Å². The van der Waals surface area contributed by atoms with Gasteiger partial charge in [0.25, 0.3) is 0 Å². The summed E-state index contributed by atoms with van der Waals surface area (Å²) >= 11 is 5.54. The van der Waals surface area contributed by atoms with Gasteiger partial charge in [-0.2, -0.15) is 0 Å². The van der Waals surface area contributed by atoms with E-state index >= 15 is 0 Å². The molecule has 2 N–H and O–H groups in total. The molecule has 6 nitrogen and oxygen atoms in total. The van der Waals surface area contributed by atoms with Crippen molar-refractivity contribution in [3.05, 3.63) is 46.3 Å². The van der Waals surface area contributed by atoms with E-state index < -0.39 is 10.0 Å². The summed E-state index contributed by atoms with van der Waals surface area (Å²) in [7, 11) is -3.82. The third-order valence-electron chi connectivity index (χ3n) is 2.01. The molecule has 0 atom stereocenters. The van der Waals surface area contributed by atoms with Gasteiger partial charge in [0.15, 0.2) is 0 Å². The minimum absolute atomic E-state index is 0. The molecule has 0 aliphatic carbocycles. The zero-order chi connectivity index (χ0) is 13.2. The molecule has 0 aliphatic rings. The Morgan fingerprint density at radius 2 is 1.68 bits per heavy atom. The summed E-state index contributed by atoms with van der Waals surface area (Å²) in [6.45, 7) is 0. The zero-order valence-electron chi connectivity index (χ0n) is 9.29. The van der Waals surface area contributed by atoms with Crippen molar-refractivity contribution < 1.29 is 30.8 Å². The number of sulfonamides is 1. The average Bonchev–Trinajstić information content (AvgIpc) is 2.32. The number of benzene rings is 1. The first-order valence-corrected chi connectivity index (χ1v) is 6.62. The van der Waals surface area contributed by atoms with E-state index in [-0.39, 0.29) is 38.2 Å². The molecule has 0 amide bonds. The molecule has 0 radical (unpaired) electrons. The van der Waals surface area contributed by atoms with Crippen molar-refractivity contribution in [2.75, 3.05) is 5.73 Å². The van der Waals surface area contributed by atoms with Crippen LogP contribution in [0.3, 0.4) is 0 Å². The van der Waals surface area contributed by atoms with Crippen LogP contribution in [0.5, 0.6) is 0 Å². The normalized spacial score (nSPS) is 10.6. The first-order valence-electron chi connectivity index (χ1n) is 4.80. The van der Waals surface area contributed by atoms with Crippen molar-refractivity contribution in [2.45, 2.75) is 4.90 Å². The molecule has 0 saturated heterocycles. The van der Waals surface area contributed by atoms with E-state index in [1.165, 1.54) is 36.4 Å². The number of rotatable bonds is 3. The quantitative estimate of drug-likeness (QED) is 0.638. The summed E-state index contributed by atoms with van der Waals surface area (Å²) in [4.78, 5) is 0.0356. The molecular weight excluding hydrogens is 384 g/mol. The molecule has 2 rings (SSSR count). The maximum atomic E-state index is 11.9. The smallest absolute Gasteiger partial charge is 0.399 e. The zero-order valence-corrected chi connectivity index (χ0v) is 12.3. The molecule has 0 bridgehead atoms. The van der Waals surface area contributed by atoms with Gasteiger partial charge in [-0.25, -0.2) is 13.5 Å². The molecule has 0 fully saturated rings. The summed E-state index contributed by atoms with van der Waals surface area (Å²) in [5.74, 6) is -0.0313.